The number of hydrogen-bond donors (Lipinski definition) is 1. The molecule has 0 spiro atoms. The number of carbonyl (C=O) groups excluding carboxylic acids is 1. The monoisotopic (exact) mass is 375 g/mol. The third kappa shape index (κ3) is 5.42. The number of benzene rings is 2. The minimum Gasteiger partial charge on any atom is -0.352 e. The highest BCUT2D eigenvalue weighted by atomic mass is 35.5. The van der Waals surface area contributed by atoms with Crippen LogP contribution < -0.4 is 5.32 Å². The molecule has 0 radical (unpaired) electrons. The molecule has 0 saturated heterocycles. The highest BCUT2D eigenvalue weighted by Crippen LogP contribution is 2.29. The summed E-state index contributed by atoms with van der Waals surface area (Å²) in [4.78, 5) is 11.8. The zero-order valence-corrected chi connectivity index (χ0v) is 14.0. The number of alkyl halides is 3. The molecule has 0 bridgehead atoms. The topological polar surface area (TPSA) is 29.1 Å². The molecule has 2 aromatic rings. The lowest BCUT2D eigenvalue weighted by Gasteiger charge is -2.10. The number of aryl methyl sites for hydroxylation is 1. The first-order valence-electron chi connectivity index (χ1n) is 7.12. The Morgan fingerprint density at radius 3 is 2.42 bits per heavy atom. The average Bonchev–Trinajstić information content (AvgIpc) is 2.53. The van der Waals surface area contributed by atoms with Gasteiger partial charge < -0.3 is 5.32 Å². The minimum atomic E-state index is -4.39. The Kier molecular flexibility index (Phi) is 6.13. The van der Waals surface area contributed by atoms with E-state index < -0.39 is 11.7 Å². The summed E-state index contributed by atoms with van der Waals surface area (Å²) in [5, 5.41) is 3.46. The van der Waals surface area contributed by atoms with Gasteiger partial charge in [0.25, 0.3) is 0 Å². The van der Waals surface area contributed by atoms with Crippen LogP contribution in [0.4, 0.5) is 13.2 Å². The highest BCUT2D eigenvalue weighted by Gasteiger charge is 2.30. The Hall–Kier alpha value is -1.72. The lowest BCUT2D eigenvalue weighted by molar-refractivity contribution is -0.137. The van der Waals surface area contributed by atoms with Crippen LogP contribution in [0.1, 0.15) is 23.1 Å². The van der Waals surface area contributed by atoms with E-state index in [1.54, 1.807) is 18.2 Å². The molecule has 1 amide bonds. The lowest BCUT2D eigenvalue weighted by Crippen LogP contribution is -2.23. The summed E-state index contributed by atoms with van der Waals surface area (Å²) in [6.45, 7) is 0.0458. The molecule has 7 heteroatoms. The van der Waals surface area contributed by atoms with Crippen LogP contribution in [0, 0.1) is 0 Å². The summed E-state index contributed by atoms with van der Waals surface area (Å²) in [6.07, 6.45) is -3.73. The molecule has 2 aromatic carbocycles. The second kappa shape index (κ2) is 7.90. The van der Waals surface area contributed by atoms with Crippen LogP contribution in [0.2, 0.25) is 10.0 Å². The van der Waals surface area contributed by atoms with E-state index >= 15 is 0 Å². The van der Waals surface area contributed by atoms with Gasteiger partial charge in [0.2, 0.25) is 5.91 Å². The Labute approximate surface area is 147 Å². The molecule has 0 fully saturated rings. The predicted molar refractivity (Wildman–Crippen MR) is 88.1 cm³/mol. The first-order valence-corrected chi connectivity index (χ1v) is 7.88. The van der Waals surface area contributed by atoms with Crippen LogP contribution in [0.15, 0.2) is 42.5 Å². The van der Waals surface area contributed by atoms with E-state index in [0.29, 0.717) is 22.0 Å². The number of hydrogen-bond acceptors (Lipinski definition) is 1. The fourth-order valence-corrected chi connectivity index (χ4v) is 2.42. The van der Waals surface area contributed by atoms with Crippen molar-refractivity contribution in [1.82, 2.24) is 5.32 Å². The molecule has 0 aromatic heterocycles. The van der Waals surface area contributed by atoms with Crippen molar-refractivity contribution in [2.24, 2.45) is 0 Å². The van der Waals surface area contributed by atoms with E-state index in [0.717, 1.165) is 17.7 Å². The maximum Gasteiger partial charge on any atom is 0.416 e. The maximum absolute atomic E-state index is 12.6. The first kappa shape index (κ1) is 18.6. The number of nitrogens with one attached hydrogen (secondary N) is 1. The van der Waals surface area contributed by atoms with E-state index in [1.165, 1.54) is 12.1 Å². The molecule has 1 N–H and O–H groups in total. The summed E-state index contributed by atoms with van der Waals surface area (Å²) in [5.74, 6) is -0.251. The van der Waals surface area contributed by atoms with Crippen molar-refractivity contribution in [3.63, 3.8) is 0 Å². The van der Waals surface area contributed by atoms with Crippen molar-refractivity contribution in [1.29, 1.82) is 0 Å². The Morgan fingerprint density at radius 2 is 1.75 bits per heavy atom. The molecule has 0 aliphatic carbocycles. The fourth-order valence-electron chi connectivity index (χ4n) is 2.10. The molecule has 0 aliphatic heterocycles. The molecule has 2 rings (SSSR count). The van der Waals surface area contributed by atoms with Gasteiger partial charge in [-0.1, -0.05) is 41.4 Å². The highest BCUT2D eigenvalue weighted by molar-refractivity contribution is 6.42. The van der Waals surface area contributed by atoms with Gasteiger partial charge in [0.15, 0.2) is 0 Å². The van der Waals surface area contributed by atoms with Crippen molar-refractivity contribution in [2.45, 2.75) is 25.6 Å². The fraction of sp³-hybridized carbons (Fsp3) is 0.235. The van der Waals surface area contributed by atoms with Crippen molar-refractivity contribution < 1.29 is 18.0 Å². The molecule has 2 nitrogen and oxygen atoms in total. The Bertz CT molecular complexity index is 732. The molecule has 0 aliphatic rings. The van der Waals surface area contributed by atoms with Gasteiger partial charge in [-0.05, 0) is 41.8 Å². The van der Waals surface area contributed by atoms with Gasteiger partial charge >= 0.3 is 6.18 Å². The zero-order chi connectivity index (χ0) is 17.7. The summed E-state index contributed by atoms with van der Waals surface area (Å²) in [6, 6.07) is 9.99. The standard InChI is InChI=1S/C17H14Cl2F3NO/c18-14-6-4-11(9-15(14)19)5-7-16(24)23-10-12-2-1-3-13(8-12)17(20,21)22/h1-4,6,8-9H,5,7,10H2,(H,23,24). The van der Waals surface area contributed by atoms with Crippen LogP contribution in [0.3, 0.4) is 0 Å². The van der Waals surface area contributed by atoms with Crippen molar-refractivity contribution in [3.05, 3.63) is 69.2 Å². The Morgan fingerprint density at radius 1 is 1.00 bits per heavy atom. The van der Waals surface area contributed by atoms with E-state index in [1.807, 2.05) is 0 Å². The Balaban J connectivity index is 1.86. The third-order valence-electron chi connectivity index (χ3n) is 3.37. The maximum atomic E-state index is 12.6. The van der Waals surface area contributed by atoms with Crippen LogP contribution >= 0.6 is 23.2 Å². The molecular formula is C17H14Cl2F3NO. The quantitative estimate of drug-likeness (QED) is 0.758. The first-order chi connectivity index (χ1) is 11.3. The van der Waals surface area contributed by atoms with Gasteiger partial charge in [-0.3, -0.25) is 4.79 Å². The summed E-state index contributed by atoms with van der Waals surface area (Å²) >= 11 is 11.7. The van der Waals surface area contributed by atoms with E-state index in [9.17, 15) is 18.0 Å². The minimum absolute atomic E-state index is 0.0458. The normalized spacial score (nSPS) is 11.4. The smallest absolute Gasteiger partial charge is 0.352 e. The van der Waals surface area contributed by atoms with Gasteiger partial charge in [0, 0.05) is 13.0 Å². The molecule has 128 valence electrons. The van der Waals surface area contributed by atoms with E-state index in [4.69, 9.17) is 23.2 Å². The van der Waals surface area contributed by atoms with Crippen LogP contribution in [0.25, 0.3) is 0 Å². The SMILES string of the molecule is O=C(CCc1ccc(Cl)c(Cl)c1)NCc1cccc(C(F)(F)F)c1. The van der Waals surface area contributed by atoms with Gasteiger partial charge in [-0.15, -0.1) is 0 Å². The van der Waals surface area contributed by atoms with Crippen molar-refractivity contribution in [2.75, 3.05) is 0 Å². The van der Waals surface area contributed by atoms with Gasteiger partial charge in [0.1, 0.15) is 0 Å². The molecular weight excluding hydrogens is 362 g/mol. The molecule has 0 heterocycles. The van der Waals surface area contributed by atoms with Gasteiger partial charge in [0.05, 0.1) is 15.6 Å². The average molecular weight is 376 g/mol. The number of amides is 1. The molecule has 24 heavy (non-hydrogen) atoms. The van der Waals surface area contributed by atoms with E-state index in [-0.39, 0.29) is 18.9 Å². The number of carbonyl (C=O) groups is 1. The van der Waals surface area contributed by atoms with Crippen LogP contribution in [-0.4, -0.2) is 5.91 Å². The molecule has 0 saturated carbocycles. The van der Waals surface area contributed by atoms with Crippen molar-refractivity contribution in [3.8, 4) is 0 Å². The van der Waals surface area contributed by atoms with Gasteiger partial charge in [-0.25, -0.2) is 0 Å². The summed E-state index contributed by atoms with van der Waals surface area (Å²) < 4.78 is 37.9. The number of halogens is 5. The molecule has 0 atom stereocenters. The van der Waals surface area contributed by atoms with Crippen LogP contribution in [0.5, 0.6) is 0 Å². The second-order valence-electron chi connectivity index (χ2n) is 5.22. The van der Waals surface area contributed by atoms with E-state index in [2.05, 4.69) is 5.32 Å². The summed E-state index contributed by atoms with van der Waals surface area (Å²) in [5.41, 5.74) is 0.524. The third-order valence-corrected chi connectivity index (χ3v) is 4.11. The largest absolute Gasteiger partial charge is 0.416 e. The summed E-state index contributed by atoms with van der Waals surface area (Å²) in [7, 11) is 0. The van der Waals surface area contributed by atoms with Crippen LogP contribution in [-0.2, 0) is 23.9 Å². The zero-order valence-electron chi connectivity index (χ0n) is 12.5. The van der Waals surface area contributed by atoms with Gasteiger partial charge in [-0.2, -0.15) is 13.2 Å². The lowest BCUT2D eigenvalue weighted by atomic mass is 10.1. The second-order valence-corrected chi connectivity index (χ2v) is 6.04. The number of rotatable bonds is 5. The molecule has 0 unspecified atom stereocenters. The predicted octanol–water partition coefficient (Wildman–Crippen LogP) is 5.26. The van der Waals surface area contributed by atoms with Crippen molar-refractivity contribution >= 4 is 29.1 Å².